The standard InChI is InChI=1S/C20H24N4O2/c1-23-12-16-10-17(9-15(16)11-19(23)25)24(2)20(26)14-5-3-13(4-6-14)18-7-8-21-22-18/h3-8,15-17H,9-12H2,1-2H3,(H,21,22)/t15-,16+,17-/m0/s1. The number of benzene rings is 1. The molecule has 2 aliphatic rings. The first kappa shape index (κ1) is 16.8. The van der Waals surface area contributed by atoms with Crippen LogP contribution in [0.3, 0.4) is 0 Å². The first-order chi connectivity index (χ1) is 12.5. The van der Waals surface area contributed by atoms with E-state index in [0.29, 0.717) is 23.8 Å². The molecule has 1 aromatic carbocycles. The lowest BCUT2D eigenvalue weighted by Crippen LogP contribution is -2.39. The summed E-state index contributed by atoms with van der Waals surface area (Å²) in [5.74, 6) is 1.21. The Labute approximate surface area is 153 Å². The summed E-state index contributed by atoms with van der Waals surface area (Å²) in [5.41, 5.74) is 2.64. The second-order valence-corrected chi connectivity index (χ2v) is 7.59. The third kappa shape index (κ3) is 3.00. The minimum atomic E-state index is 0.0458. The molecule has 0 spiro atoms. The van der Waals surface area contributed by atoms with Crippen LogP contribution in [0.4, 0.5) is 0 Å². The zero-order chi connectivity index (χ0) is 18.3. The molecule has 0 unspecified atom stereocenters. The van der Waals surface area contributed by atoms with E-state index in [1.54, 1.807) is 6.20 Å². The lowest BCUT2D eigenvalue weighted by atomic mass is 9.88. The number of amides is 2. The Morgan fingerprint density at radius 1 is 1.19 bits per heavy atom. The molecule has 1 saturated heterocycles. The SMILES string of the molecule is CN1C[C@H]2C[C@@H](N(C)C(=O)c3ccc(-c4ccn[nH]4)cc3)C[C@H]2CC1=O. The van der Waals surface area contributed by atoms with Gasteiger partial charge in [0.05, 0.1) is 5.69 Å². The summed E-state index contributed by atoms with van der Waals surface area (Å²) < 4.78 is 0. The lowest BCUT2D eigenvalue weighted by Gasteiger charge is -2.31. The predicted molar refractivity (Wildman–Crippen MR) is 98.4 cm³/mol. The molecule has 1 saturated carbocycles. The van der Waals surface area contributed by atoms with Gasteiger partial charge in [-0.1, -0.05) is 12.1 Å². The Morgan fingerprint density at radius 2 is 1.92 bits per heavy atom. The van der Waals surface area contributed by atoms with E-state index in [-0.39, 0.29) is 17.9 Å². The van der Waals surface area contributed by atoms with Crippen molar-refractivity contribution in [3.63, 3.8) is 0 Å². The van der Waals surface area contributed by atoms with Crippen molar-refractivity contribution in [3.8, 4) is 11.3 Å². The molecule has 2 aromatic rings. The van der Waals surface area contributed by atoms with Gasteiger partial charge in [-0.15, -0.1) is 0 Å². The summed E-state index contributed by atoms with van der Waals surface area (Å²) in [6.07, 6.45) is 4.25. The molecule has 1 aromatic heterocycles. The van der Waals surface area contributed by atoms with Crippen LogP contribution in [0, 0.1) is 11.8 Å². The van der Waals surface area contributed by atoms with Crippen LogP contribution >= 0.6 is 0 Å². The van der Waals surface area contributed by atoms with E-state index in [0.717, 1.165) is 30.6 Å². The summed E-state index contributed by atoms with van der Waals surface area (Å²) >= 11 is 0. The third-order valence-corrected chi connectivity index (χ3v) is 6.00. The number of H-pyrrole nitrogens is 1. The van der Waals surface area contributed by atoms with Gasteiger partial charge in [0.15, 0.2) is 0 Å². The number of carbonyl (C=O) groups excluding carboxylic acids is 2. The molecular weight excluding hydrogens is 328 g/mol. The molecule has 1 aliphatic heterocycles. The zero-order valence-electron chi connectivity index (χ0n) is 15.2. The first-order valence-corrected chi connectivity index (χ1v) is 9.14. The number of carbonyl (C=O) groups is 2. The molecule has 2 fully saturated rings. The van der Waals surface area contributed by atoms with Gasteiger partial charge in [0.1, 0.15) is 0 Å². The van der Waals surface area contributed by atoms with Crippen molar-refractivity contribution in [1.29, 1.82) is 0 Å². The normalized spacial score (nSPS) is 25.2. The molecule has 6 nitrogen and oxygen atoms in total. The third-order valence-electron chi connectivity index (χ3n) is 6.00. The van der Waals surface area contributed by atoms with Gasteiger partial charge in [-0.25, -0.2) is 0 Å². The average Bonchev–Trinajstić information content (AvgIpc) is 3.31. The van der Waals surface area contributed by atoms with E-state index in [1.807, 2.05) is 54.2 Å². The second kappa shape index (κ2) is 6.59. The van der Waals surface area contributed by atoms with Crippen molar-refractivity contribution < 1.29 is 9.59 Å². The van der Waals surface area contributed by atoms with Gasteiger partial charge in [0.25, 0.3) is 5.91 Å². The number of piperidine rings is 1. The highest BCUT2D eigenvalue weighted by molar-refractivity contribution is 5.94. The predicted octanol–water partition coefficient (Wildman–Crippen LogP) is 2.41. The number of nitrogens with zero attached hydrogens (tertiary/aromatic N) is 3. The monoisotopic (exact) mass is 352 g/mol. The summed E-state index contributed by atoms with van der Waals surface area (Å²) in [6, 6.07) is 9.74. The van der Waals surface area contributed by atoms with E-state index in [9.17, 15) is 9.59 Å². The minimum absolute atomic E-state index is 0.0458. The Kier molecular flexibility index (Phi) is 4.26. The van der Waals surface area contributed by atoms with Crippen molar-refractivity contribution in [3.05, 3.63) is 42.1 Å². The van der Waals surface area contributed by atoms with Crippen LogP contribution in [0.5, 0.6) is 0 Å². The number of aromatic amines is 1. The molecule has 3 atom stereocenters. The first-order valence-electron chi connectivity index (χ1n) is 9.14. The van der Waals surface area contributed by atoms with Gasteiger partial charge in [-0.2, -0.15) is 5.10 Å². The fraction of sp³-hybridized carbons (Fsp3) is 0.450. The van der Waals surface area contributed by atoms with Crippen molar-refractivity contribution in [2.45, 2.75) is 25.3 Å². The summed E-state index contributed by atoms with van der Waals surface area (Å²) in [4.78, 5) is 28.5. The number of aromatic nitrogens is 2. The molecule has 2 amide bonds. The van der Waals surface area contributed by atoms with Gasteiger partial charge in [-0.05, 0) is 48.4 Å². The Hall–Kier alpha value is -2.63. The second-order valence-electron chi connectivity index (χ2n) is 7.59. The van der Waals surface area contributed by atoms with E-state index in [1.165, 1.54) is 0 Å². The molecule has 0 radical (unpaired) electrons. The number of hydrogen-bond acceptors (Lipinski definition) is 3. The Bertz CT molecular complexity index is 800. The maximum absolute atomic E-state index is 12.9. The van der Waals surface area contributed by atoms with Gasteiger partial charge in [-0.3, -0.25) is 14.7 Å². The Balaban J connectivity index is 1.44. The van der Waals surface area contributed by atoms with Crippen LogP contribution in [0.1, 0.15) is 29.6 Å². The average molecular weight is 352 g/mol. The number of likely N-dealkylation sites (tertiary alicyclic amines) is 1. The minimum Gasteiger partial charge on any atom is -0.345 e. The van der Waals surface area contributed by atoms with Gasteiger partial charge < -0.3 is 9.80 Å². The van der Waals surface area contributed by atoms with Crippen LogP contribution in [0.25, 0.3) is 11.3 Å². The molecule has 1 N–H and O–H groups in total. The highest BCUT2D eigenvalue weighted by Crippen LogP contribution is 2.40. The van der Waals surface area contributed by atoms with Crippen LogP contribution < -0.4 is 0 Å². The highest BCUT2D eigenvalue weighted by Gasteiger charge is 2.42. The van der Waals surface area contributed by atoms with E-state index >= 15 is 0 Å². The van der Waals surface area contributed by atoms with Crippen molar-refractivity contribution in [2.75, 3.05) is 20.6 Å². The topological polar surface area (TPSA) is 69.3 Å². The van der Waals surface area contributed by atoms with Crippen LogP contribution in [-0.4, -0.2) is 58.5 Å². The lowest BCUT2D eigenvalue weighted by molar-refractivity contribution is -0.134. The number of nitrogens with one attached hydrogen (secondary N) is 1. The zero-order valence-corrected chi connectivity index (χ0v) is 15.2. The molecule has 6 heteroatoms. The summed E-state index contributed by atoms with van der Waals surface area (Å²) in [7, 11) is 3.76. The smallest absolute Gasteiger partial charge is 0.253 e. The maximum atomic E-state index is 12.9. The molecular formula is C20H24N4O2. The molecule has 2 heterocycles. The summed E-state index contributed by atoms with van der Waals surface area (Å²) in [5, 5.41) is 6.88. The molecule has 1 aliphatic carbocycles. The van der Waals surface area contributed by atoms with Gasteiger partial charge in [0, 0.05) is 44.9 Å². The largest absolute Gasteiger partial charge is 0.345 e. The van der Waals surface area contributed by atoms with Crippen molar-refractivity contribution in [1.82, 2.24) is 20.0 Å². The van der Waals surface area contributed by atoms with E-state index < -0.39 is 0 Å². The van der Waals surface area contributed by atoms with E-state index in [2.05, 4.69) is 10.2 Å². The number of fused-ring (bicyclic) bond motifs is 1. The number of hydrogen-bond donors (Lipinski definition) is 1. The highest BCUT2D eigenvalue weighted by atomic mass is 16.2. The van der Waals surface area contributed by atoms with Crippen LogP contribution in [0.2, 0.25) is 0 Å². The van der Waals surface area contributed by atoms with Crippen LogP contribution in [0.15, 0.2) is 36.5 Å². The fourth-order valence-corrected chi connectivity index (χ4v) is 4.38. The van der Waals surface area contributed by atoms with Crippen molar-refractivity contribution >= 4 is 11.8 Å². The molecule has 0 bridgehead atoms. The quantitative estimate of drug-likeness (QED) is 0.922. The Morgan fingerprint density at radius 3 is 2.62 bits per heavy atom. The van der Waals surface area contributed by atoms with Crippen molar-refractivity contribution in [2.24, 2.45) is 11.8 Å². The van der Waals surface area contributed by atoms with E-state index in [4.69, 9.17) is 0 Å². The summed E-state index contributed by atoms with van der Waals surface area (Å²) in [6.45, 7) is 0.820. The number of rotatable bonds is 3. The van der Waals surface area contributed by atoms with Gasteiger partial charge >= 0.3 is 0 Å². The molecule has 4 rings (SSSR count). The maximum Gasteiger partial charge on any atom is 0.253 e. The molecule has 136 valence electrons. The fourth-order valence-electron chi connectivity index (χ4n) is 4.38. The van der Waals surface area contributed by atoms with Gasteiger partial charge in [0.2, 0.25) is 5.91 Å². The molecule has 26 heavy (non-hydrogen) atoms. The van der Waals surface area contributed by atoms with Crippen LogP contribution in [-0.2, 0) is 4.79 Å².